The molecule has 0 unspecified atom stereocenters. The predicted molar refractivity (Wildman–Crippen MR) is 128 cm³/mol. The van der Waals surface area contributed by atoms with Crippen molar-refractivity contribution in [2.45, 2.75) is 19.3 Å². The van der Waals surface area contributed by atoms with Gasteiger partial charge in [-0.2, -0.15) is 18.2 Å². The van der Waals surface area contributed by atoms with Crippen LogP contribution in [0.15, 0.2) is 48.8 Å². The lowest BCUT2D eigenvalue weighted by Gasteiger charge is -2.20. The van der Waals surface area contributed by atoms with Crippen molar-refractivity contribution in [3.8, 4) is 0 Å². The van der Waals surface area contributed by atoms with Gasteiger partial charge in [0.2, 0.25) is 16.0 Å². The predicted octanol–water partition coefficient (Wildman–Crippen LogP) is 2.81. The van der Waals surface area contributed by atoms with Crippen LogP contribution in [0, 0.1) is 0 Å². The minimum absolute atomic E-state index is 0.0689. The molecule has 0 aliphatic rings. The third-order valence-electron chi connectivity index (χ3n) is 4.88. The Balaban J connectivity index is 1.83. The molecule has 0 fully saturated rings. The van der Waals surface area contributed by atoms with Crippen LogP contribution in [0.3, 0.4) is 0 Å². The summed E-state index contributed by atoms with van der Waals surface area (Å²) in [6.07, 6.45) is -1.72. The van der Waals surface area contributed by atoms with E-state index in [0.717, 1.165) is 16.1 Å². The van der Waals surface area contributed by atoms with Gasteiger partial charge in [-0.1, -0.05) is 18.2 Å². The number of sulfonamides is 1. The molecule has 192 valence electrons. The third kappa shape index (κ3) is 6.94. The molecule has 2 amide bonds. The standard InChI is InChI=1S/C21H23F3N8O3S/c1-32(36(2,34)35)18-14(4-3-9-26-18)11-27-17-16(21(22,23)24)12-29-20(31-17)30-15-7-5-13(6-8-15)10-28-19(25)33/h3-9,12H,10-11H2,1-2H3,(H3,25,28,33)(H2,27,29,30,31). The van der Waals surface area contributed by atoms with Crippen molar-refractivity contribution in [1.29, 1.82) is 0 Å². The van der Waals surface area contributed by atoms with Crippen LogP contribution < -0.4 is 26.0 Å². The normalized spacial score (nSPS) is 11.6. The van der Waals surface area contributed by atoms with E-state index in [2.05, 4.69) is 30.9 Å². The molecule has 0 spiro atoms. The molecular formula is C21H23F3N8O3S. The van der Waals surface area contributed by atoms with Gasteiger partial charge >= 0.3 is 12.2 Å². The Morgan fingerprint density at radius 2 is 1.81 bits per heavy atom. The van der Waals surface area contributed by atoms with Crippen LogP contribution in [0.4, 0.5) is 41.2 Å². The molecular weight excluding hydrogens is 501 g/mol. The number of rotatable bonds is 9. The molecule has 0 aliphatic carbocycles. The van der Waals surface area contributed by atoms with Crippen molar-refractivity contribution in [2.24, 2.45) is 5.73 Å². The van der Waals surface area contributed by atoms with Gasteiger partial charge in [0.15, 0.2) is 0 Å². The maximum Gasteiger partial charge on any atom is 0.421 e. The zero-order chi connectivity index (χ0) is 26.5. The van der Waals surface area contributed by atoms with Crippen molar-refractivity contribution in [1.82, 2.24) is 20.3 Å². The summed E-state index contributed by atoms with van der Waals surface area (Å²) >= 11 is 0. The van der Waals surface area contributed by atoms with Crippen LogP contribution in [0.2, 0.25) is 0 Å². The van der Waals surface area contributed by atoms with Gasteiger partial charge in [0.05, 0.1) is 6.26 Å². The smallest absolute Gasteiger partial charge is 0.365 e. The Labute approximate surface area is 205 Å². The molecule has 36 heavy (non-hydrogen) atoms. The number of nitrogens with zero attached hydrogens (tertiary/aromatic N) is 4. The molecule has 2 heterocycles. The van der Waals surface area contributed by atoms with E-state index >= 15 is 0 Å². The number of pyridine rings is 1. The van der Waals surface area contributed by atoms with Gasteiger partial charge in [0.1, 0.15) is 17.2 Å². The summed E-state index contributed by atoms with van der Waals surface area (Å²) in [5, 5.41) is 7.89. The molecule has 3 aromatic rings. The minimum atomic E-state index is -4.74. The second kappa shape index (κ2) is 10.6. The van der Waals surface area contributed by atoms with Crippen molar-refractivity contribution in [3.05, 3.63) is 65.5 Å². The highest BCUT2D eigenvalue weighted by Gasteiger charge is 2.35. The number of alkyl halides is 3. The molecule has 0 saturated heterocycles. The van der Waals surface area contributed by atoms with Crippen molar-refractivity contribution < 1.29 is 26.4 Å². The van der Waals surface area contributed by atoms with Gasteiger partial charge < -0.3 is 21.7 Å². The van der Waals surface area contributed by atoms with E-state index in [0.29, 0.717) is 17.4 Å². The number of carbonyl (C=O) groups is 1. The fraction of sp³-hybridized carbons (Fsp3) is 0.238. The van der Waals surface area contributed by atoms with Crippen LogP contribution in [0.5, 0.6) is 0 Å². The lowest BCUT2D eigenvalue weighted by molar-refractivity contribution is -0.137. The van der Waals surface area contributed by atoms with Crippen LogP contribution >= 0.6 is 0 Å². The van der Waals surface area contributed by atoms with Gasteiger partial charge in [0.25, 0.3) is 0 Å². The molecule has 5 N–H and O–H groups in total. The summed E-state index contributed by atoms with van der Waals surface area (Å²) in [4.78, 5) is 22.6. The molecule has 0 bridgehead atoms. The van der Waals surface area contributed by atoms with Gasteiger partial charge in [-0.3, -0.25) is 4.31 Å². The third-order valence-corrected chi connectivity index (χ3v) is 6.05. The molecule has 0 saturated carbocycles. The molecule has 0 radical (unpaired) electrons. The lowest BCUT2D eigenvalue weighted by atomic mass is 10.2. The summed E-state index contributed by atoms with van der Waals surface area (Å²) in [6.45, 7) is 0.0233. The second-order valence-electron chi connectivity index (χ2n) is 7.56. The molecule has 3 rings (SSSR count). The highest BCUT2D eigenvalue weighted by Crippen LogP contribution is 2.34. The van der Waals surface area contributed by atoms with Gasteiger partial charge in [-0.25, -0.2) is 23.2 Å². The number of aromatic nitrogens is 3. The quantitative estimate of drug-likeness (QED) is 0.333. The molecule has 0 atom stereocenters. The van der Waals surface area contributed by atoms with Crippen LogP contribution in [0.1, 0.15) is 16.7 Å². The van der Waals surface area contributed by atoms with E-state index in [4.69, 9.17) is 5.73 Å². The first-order valence-electron chi connectivity index (χ1n) is 10.3. The van der Waals surface area contributed by atoms with Crippen LogP contribution in [-0.4, -0.2) is 42.7 Å². The first-order chi connectivity index (χ1) is 16.8. The average molecular weight is 525 g/mol. The van der Waals surface area contributed by atoms with Crippen molar-refractivity contribution in [2.75, 3.05) is 28.2 Å². The van der Waals surface area contributed by atoms with Gasteiger partial charge in [-0.05, 0) is 23.8 Å². The van der Waals surface area contributed by atoms with Gasteiger partial charge in [-0.15, -0.1) is 0 Å². The lowest BCUT2D eigenvalue weighted by Crippen LogP contribution is -2.28. The number of hydrogen-bond acceptors (Lipinski definition) is 8. The highest BCUT2D eigenvalue weighted by molar-refractivity contribution is 7.92. The Morgan fingerprint density at radius 3 is 2.42 bits per heavy atom. The first-order valence-corrected chi connectivity index (χ1v) is 12.1. The summed E-state index contributed by atoms with van der Waals surface area (Å²) in [5.74, 6) is -0.536. The number of halogens is 3. The van der Waals surface area contributed by atoms with E-state index < -0.39 is 33.6 Å². The highest BCUT2D eigenvalue weighted by atomic mass is 32.2. The van der Waals surface area contributed by atoms with E-state index in [1.54, 1.807) is 30.3 Å². The fourth-order valence-electron chi connectivity index (χ4n) is 3.00. The SMILES string of the molecule is CN(c1ncccc1CNc1nc(Nc2ccc(CNC(N)=O)cc2)ncc1C(F)(F)F)S(C)(=O)=O. The Hall–Kier alpha value is -4.14. The molecule has 1 aromatic carbocycles. The second-order valence-corrected chi connectivity index (χ2v) is 9.58. The number of anilines is 4. The molecule has 0 aliphatic heterocycles. The van der Waals surface area contributed by atoms with Gasteiger partial charge in [0, 0.05) is 43.8 Å². The van der Waals surface area contributed by atoms with E-state index in [9.17, 15) is 26.4 Å². The number of urea groups is 1. The Bertz CT molecular complexity index is 1330. The topological polar surface area (TPSA) is 155 Å². The minimum Gasteiger partial charge on any atom is -0.365 e. The monoisotopic (exact) mass is 524 g/mol. The zero-order valence-corrected chi connectivity index (χ0v) is 20.0. The number of hydrogen-bond donors (Lipinski definition) is 4. The summed E-state index contributed by atoms with van der Waals surface area (Å²) in [6, 6.07) is 9.05. The molecule has 15 heteroatoms. The average Bonchev–Trinajstić information content (AvgIpc) is 2.81. The Morgan fingerprint density at radius 1 is 1.11 bits per heavy atom. The number of nitrogens with one attached hydrogen (secondary N) is 3. The summed E-state index contributed by atoms with van der Waals surface area (Å²) in [7, 11) is -2.35. The number of amides is 2. The molecule has 2 aromatic heterocycles. The number of nitrogens with two attached hydrogens (primary N) is 1. The fourth-order valence-corrected chi connectivity index (χ4v) is 3.47. The van der Waals surface area contributed by atoms with Crippen molar-refractivity contribution in [3.63, 3.8) is 0 Å². The molecule has 11 nitrogen and oxygen atoms in total. The first kappa shape index (κ1) is 26.5. The number of primary amides is 1. The number of carbonyl (C=O) groups excluding carboxylic acids is 1. The van der Waals surface area contributed by atoms with E-state index in [-0.39, 0.29) is 24.9 Å². The van der Waals surface area contributed by atoms with E-state index in [1.807, 2.05) is 0 Å². The maximum absolute atomic E-state index is 13.6. The largest absolute Gasteiger partial charge is 0.421 e. The zero-order valence-electron chi connectivity index (χ0n) is 19.2. The number of benzene rings is 1. The van der Waals surface area contributed by atoms with E-state index in [1.165, 1.54) is 19.3 Å². The Kier molecular flexibility index (Phi) is 7.82. The summed E-state index contributed by atoms with van der Waals surface area (Å²) < 4.78 is 65.5. The van der Waals surface area contributed by atoms with Crippen molar-refractivity contribution >= 4 is 39.3 Å². The summed E-state index contributed by atoms with van der Waals surface area (Å²) in [5.41, 5.74) is 5.53. The maximum atomic E-state index is 13.6. The van der Waals surface area contributed by atoms with Crippen LogP contribution in [0.25, 0.3) is 0 Å². The van der Waals surface area contributed by atoms with Crippen LogP contribution in [-0.2, 0) is 29.3 Å².